The van der Waals surface area contributed by atoms with Gasteiger partial charge >= 0.3 is 5.97 Å². The maximum absolute atomic E-state index is 11.9. The minimum Gasteiger partial charge on any atom is -0.482 e. The van der Waals surface area contributed by atoms with E-state index in [-0.39, 0.29) is 12.5 Å². The number of benzene rings is 2. The van der Waals surface area contributed by atoms with Gasteiger partial charge in [0.1, 0.15) is 11.8 Å². The Morgan fingerprint density at radius 2 is 1.89 bits per heavy atom. The van der Waals surface area contributed by atoms with Crippen LogP contribution in [0.2, 0.25) is 0 Å². The van der Waals surface area contributed by atoms with Crippen LogP contribution < -0.4 is 10.1 Å². The molecule has 0 radical (unpaired) electrons. The predicted octanol–water partition coefficient (Wildman–Crippen LogP) is 3.55. The van der Waals surface area contributed by atoms with Gasteiger partial charge in [-0.1, -0.05) is 38.1 Å². The number of hydrogen-bond donors (Lipinski definition) is 1. The van der Waals surface area contributed by atoms with Crippen molar-refractivity contribution in [1.29, 1.82) is 5.26 Å². The summed E-state index contributed by atoms with van der Waals surface area (Å²) in [6, 6.07) is 14.4. The number of para-hydroxylation sites is 1. The molecule has 6 nitrogen and oxygen atoms in total. The summed E-state index contributed by atoms with van der Waals surface area (Å²) in [5, 5.41) is 11.5. The lowest BCUT2D eigenvalue weighted by molar-refractivity contribution is -0.149. The highest BCUT2D eigenvalue weighted by molar-refractivity contribution is 5.94. The maximum atomic E-state index is 11.9. The third-order valence-electron chi connectivity index (χ3n) is 3.82. The van der Waals surface area contributed by atoms with Crippen molar-refractivity contribution in [2.75, 3.05) is 18.5 Å². The number of anilines is 1. The first-order chi connectivity index (χ1) is 12.9. The third-order valence-corrected chi connectivity index (χ3v) is 3.82. The van der Waals surface area contributed by atoms with Crippen molar-refractivity contribution in [1.82, 2.24) is 0 Å². The topological polar surface area (TPSA) is 88.4 Å². The van der Waals surface area contributed by atoms with E-state index in [4.69, 9.17) is 14.7 Å². The fourth-order valence-corrected chi connectivity index (χ4v) is 2.44. The summed E-state index contributed by atoms with van der Waals surface area (Å²) in [6.07, 6.45) is 0. The standard InChI is InChI=1S/C21H22N2O4/c1-14(2)17-9-8-15(3)10-19(17)26-13-21(25)27-12-20(24)23-18-7-5-4-6-16(18)11-22/h4-10,14H,12-13H2,1-3H3,(H,23,24). The number of hydrogen-bond acceptors (Lipinski definition) is 5. The number of esters is 1. The fraction of sp³-hybridized carbons (Fsp3) is 0.286. The second-order valence-corrected chi connectivity index (χ2v) is 6.35. The summed E-state index contributed by atoms with van der Waals surface area (Å²) in [5.74, 6) is -0.281. The van der Waals surface area contributed by atoms with Gasteiger partial charge in [-0.2, -0.15) is 5.26 Å². The van der Waals surface area contributed by atoms with Crippen LogP contribution in [-0.2, 0) is 14.3 Å². The Labute approximate surface area is 158 Å². The molecule has 0 aliphatic carbocycles. The predicted molar refractivity (Wildman–Crippen MR) is 102 cm³/mol. The van der Waals surface area contributed by atoms with Crippen LogP contribution in [0, 0.1) is 18.3 Å². The molecule has 6 heteroatoms. The SMILES string of the molecule is Cc1ccc(C(C)C)c(OCC(=O)OCC(=O)Nc2ccccc2C#N)c1. The van der Waals surface area contributed by atoms with Crippen molar-refractivity contribution in [2.45, 2.75) is 26.7 Å². The van der Waals surface area contributed by atoms with Crippen molar-refractivity contribution >= 4 is 17.6 Å². The summed E-state index contributed by atoms with van der Waals surface area (Å²) < 4.78 is 10.5. The zero-order valence-electron chi connectivity index (χ0n) is 15.6. The van der Waals surface area contributed by atoms with Crippen molar-refractivity contribution in [2.24, 2.45) is 0 Å². The van der Waals surface area contributed by atoms with Crippen LogP contribution in [0.15, 0.2) is 42.5 Å². The molecule has 2 aromatic carbocycles. The van der Waals surface area contributed by atoms with Crippen LogP contribution in [-0.4, -0.2) is 25.1 Å². The highest BCUT2D eigenvalue weighted by Gasteiger charge is 2.13. The first-order valence-corrected chi connectivity index (χ1v) is 8.58. The third kappa shape index (κ3) is 5.86. The van der Waals surface area contributed by atoms with E-state index in [1.165, 1.54) is 0 Å². The summed E-state index contributed by atoms with van der Waals surface area (Å²) in [5.41, 5.74) is 2.73. The molecule has 2 aromatic rings. The molecule has 0 saturated carbocycles. The Morgan fingerprint density at radius 3 is 2.59 bits per heavy atom. The van der Waals surface area contributed by atoms with E-state index in [1.54, 1.807) is 24.3 Å². The van der Waals surface area contributed by atoms with Gasteiger partial charge in [0.25, 0.3) is 5.91 Å². The molecule has 0 spiro atoms. The number of amides is 1. The zero-order valence-corrected chi connectivity index (χ0v) is 15.6. The summed E-state index contributed by atoms with van der Waals surface area (Å²) in [6.45, 7) is 5.29. The van der Waals surface area contributed by atoms with E-state index in [2.05, 4.69) is 5.32 Å². The Balaban J connectivity index is 1.86. The van der Waals surface area contributed by atoms with Gasteiger partial charge in [0.2, 0.25) is 0 Å². The summed E-state index contributed by atoms with van der Waals surface area (Å²) in [4.78, 5) is 23.8. The minimum absolute atomic E-state index is 0.252. The number of aryl methyl sites for hydroxylation is 1. The molecule has 140 valence electrons. The number of rotatable bonds is 7. The molecule has 0 unspecified atom stereocenters. The number of nitriles is 1. The van der Waals surface area contributed by atoms with Gasteiger partial charge in [-0.15, -0.1) is 0 Å². The number of ether oxygens (including phenoxy) is 2. The number of carbonyl (C=O) groups excluding carboxylic acids is 2. The van der Waals surface area contributed by atoms with Gasteiger partial charge in [0.05, 0.1) is 11.3 Å². The highest BCUT2D eigenvalue weighted by Crippen LogP contribution is 2.27. The number of carbonyl (C=O) groups is 2. The van der Waals surface area contributed by atoms with Gasteiger partial charge in [0, 0.05) is 0 Å². The van der Waals surface area contributed by atoms with E-state index in [0.29, 0.717) is 17.0 Å². The monoisotopic (exact) mass is 366 g/mol. The summed E-state index contributed by atoms with van der Waals surface area (Å²) in [7, 11) is 0. The van der Waals surface area contributed by atoms with E-state index >= 15 is 0 Å². The largest absolute Gasteiger partial charge is 0.482 e. The number of nitrogens with zero attached hydrogens (tertiary/aromatic N) is 1. The molecule has 0 bridgehead atoms. The molecule has 1 N–H and O–H groups in total. The lowest BCUT2D eigenvalue weighted by Gasteiger charge is -2.14. The van der Waals surface area contributed by atoms with Crippen LogP contribution in [0.4, 0.5) is 5.69 Å². The van der Waals surface area contributed by atoms with Crippen molar-refractivity contribution in [3.63, 3.8) is 0 Å². The minimum atomic E-state index is -0.644. The van der Waals surface area contributed by atoms with Gasteiger partial charge in [-0.05, 0) is 42.2 Å². The molecular formula is C21H22N2O4. The Kier molecular flexibility index (Phi) is 6.95. The molecule has 0 heterocycles. The average Bonchev–Trinajstić information content (AvgIpc) is 2.65. The Bertz CT molecular complexity index is 869. The second kappa shape index (κ2) is 9.39. The quantitative estimate of drug-likeness (QED) is 0.757. The van der Waals surface area contributed by atoms with E-state index in [1.807, 2.05) is 45.0 Å². The van der Waals surface area contributed by atoms with Crippen molar-refractivity contribution in [3.05, 3.63) is 59.2 Å². The van der Waals surface area contributed by atoms with Crippen LogP contribution in [0.1, 0.15) is 36.5 Å². The van der Waals surface area contributed by atoms with E-state index in [0.717, 1.165) is 11.1 Å². The molecule has 0 fully saturated rings. The smallest absolute Gasteiger partial charge is 0.344 e. The molecule has 0 aliphatic rings. The lowest BCUT2D eigenvalue weighted by Crippen LogP contribution is -2.24. The molecule has 0 aromatic heterocycles. The molecule has 27 heavy (non-hydrogen) atoms. The van der Waals surface area contributed by atoms with E-state index in [9.17, 15) is 9.59 Å². The fourth-order valence-electron chi connectivity index (χ4n) is 2.44. The molecule has 2 rings (SSSR count). The second-order valence-electron chi connectivity index (χ2n) is 6.35. The van der Waals surface area contributed by atoms with Crippen LogP contribution in [0.3, 0.4) is 0 Å². The molecule has 0 atom stereocenters. The maximum Gasteiger partial charge on any atom is 0.344 e. The normalized spacial score (nSPS) is 10.2. The van der Waals surface area contributed by atoms with Crippen LogP contribution >= 0.6 is 0 Å². The van der Waals surface area contributed by atoms with Gasteiger partial charge in [-0.3, -0.25) is 4.79 Å². The van der Waals surface area contributed by atoms with Crippen molar-refractivity contribution < 1.29 is 19.1 Å². The van der Waals surface area contributed by atoms with Crippen LogP contribution in [0.25, 0.3) is 0 Å². The first kappa shape index (κ1) is 20.0. The van der Waals surface area contributed by atoms with Crippen molar-refractivity contribution in [3.8, 4) is 11.8 Å². The van der Waals surface area contributed by atoms with Gasteiger partial charge < -0.3 is 14.8 Å². The molecular weight excluding hydrogens is 344 g/mol. The lowest BCUT2D eigenvalue weighted by atomic mass is 10.0. The summed E-state index contributed by atoms with van der Waals surface area (Å²) >= 11 is 0. The molecule has 0 aliphatic heterocycles. The van der Waals surface area contributed by atoms with E-state index < -0.39 is 18.5 Å². The van der Waals surface area contributed by atoms with Gasteiger partial charge in [0.15, 0.2) is 13.2 Å². The molecule has 0 saturated heterocycles. The Morgan fingerprint density at radius 1 is 1.15 bits per heavy atom. The first-order valence-electron chi connectivity index (χ1n) is 8.58. The van der Waals surface area contributed by atoms with Gasteiger partial charge in [-0.25, -0.2) is 4.79 Å². The highest BCUT2D eigenvalue weighted by atomic mass is 16.6. The Hall–Kier alpha value is -3.33. The zero-order chi connectivity index (χ0) is 19.8. The van der Waals surface area contributed by atoms with Crippen LogP contribution in [0.5, 0.6) is 5.75 Å². The molecule has 1 amide bonds. The average molecular weight is 366 g/mol. The number of nitrogens with one attached hydrogen (secondary N) is 1.